The lowest BCUT2D eigenvalue weighted by molar-refractivity contribution is 0.233. The second-order valence-corrected chi connectivity index (χ2v) is 7.31. The number of benzene rings is 1. The van der Waals surface area contributed by atoms with Crippen molar-refractivity contribution in [2.24, 2.45) is 11.8 Å². The van der Waals surface area contributed by atoms with Crippen LogP contribution in [0.15, 0.2) is 16.6 Å². The summed E-state index contributed by atoms with van der Waals surface area (Å²) in [6.07, 6.45) is 10.2. The predicted molar refractivity (Wildman–Crippen MR) is 82.4 cm³/mol. The van der Waals surface area contributed by atoms with Gasteiger partial charge in [-0.25, -0.2) is 4.39 Å². The molecule has 0 unspecified atom stereocenters. The van der Waals surface area contributed by atoms with E-state index < -0.39 is 5.82 Å². The first-order chi connectivity index (χ1) is 9.66. The molecule has 110 valence electrons. The Hall–Kier alpha value is -0.570. The lowest BCUT2D eigenvalue weighted by Crippen LogP contribution is -2.19. The number of halogens is 2. The van der Waals surface area contributed by atoms with Crippen molar-refractivity contribution >= 4 is 15.9 Å². The molecule has 3 heteroatoms. The number of rotatable bonds is 2. The fraction of sp³-hybridized carbons (Fsp3) is 0.647. The van der Waals surface area contributed by atoms with E-state index in [9.17, 15) is 9.50 Å². The monoisotopic (exact) mass is 340 g/mol. The zero-order valence-electron chi connectivity index (χ0n) is 11.7. The van der Waals surface area contributed by atoms with Gasteiger partial charge in [0, 0.05) is 0 Å². The van der Waals surface area contributed by atoms with Crippen LogP contribution >= 0.6 is 15.9 Å². The molecule has 0 saturated heterocycles. The van der Waals surface area contributed by atoms with E-state index in [1.807, 2.05) is 6.07 Å². The van der Waals surface area contributed by atoms with Gasteiger partial charge in [0.05, 0.1) is 4.47 Å². The second kappa shape index (κ2) is 6.05. The van der Waals surface area contributed by atoms with E-state index >= 15 is 0 Å². The average Bonchev–Trinajstić information content (AvgIpc) is 3.00. The Morgan fingerprint density at radius 2 is 1.55 bits per heavy atom. The Morgan fingerprint density at radius 3 is 2.20 bits per heavy atom. The first-order valence-corrected chi connectivity index (χ1v) is 8.63. The Morgan fingerprint density at radius 1 is 0.950 bits per heavy atom. The quantitative estimate of drug-likeness (QED) is 0.725. The summed E-state index contributed by atoms with van der Waals surface area (Å²) in [6.45, 7) is 0. The maximum Gasteiger partial charge on any atom is 0.169 e. The van der Waals surface area contributed by atoms with E-state index in [-0.39, 0.29) is 11.7 Å². The van der Waals surface area contributed by atoms with Crippen molar-refractivity contribution in [3.63, 3.8) is 0 Å². The molecule has 1 aromatic rings. The molecule has 2 aliphatic carbocycles. The van der Waals surface area contributed by atoms with E-state index in [1.54, 1.807) is 6.07 Å². The summed E-state index contributed by atoms with van der Waals surface area (Å²) in [7, 11) is 0. The Balaban J connectivity index is 1.67. The highest BCUT2D eigenvalue weighted by molar-refractivity contribution is 9.10. The molecule has 0 bridgehead atoms. The van der Waals surface area contributed by atoms with Crippen LogP contribution in [0, 0.1) is 17.7 Å². The zero-order valence-corrected chi connectivity index (χ0v) is 13.3. The molecule has 2 fully saturated rings. The van der Waals surface area contributed by atoms with Gasteiger partial charge in [0.25, 0.3) is 0 Å². The Bertz CT molecular complexity index is 474. The van der Waals surface area contributed by atoms with Gasteiger partial charge in [-0.3, -0.25) is 0 Å². The molecule has 0 aromatic heterocycles. The highest BCUT2D eigenvalue weighted by Crippen LogP contribution is 2.45. The van der Waals surface area contributed by atoms with Crippen molar-refractivity contribution in [1.29, 1.82) is 0 Å². The van der Waals surface area contributed by atoms with Crippen LogP contribution < -0.4 is 0 Å². The lowest BCUT2D eigenvalue weighted by Gasteiger charge is -2.32. The van der Waals surface area contributed by atoms with E-state index in [1.165, 1.54) is 38.5 Å². The highest BCUT2D eigenvalue weighted by atomic mass is 79.9. The van der Waals surface area contributed by atoms with E-state index in [4.69, 9.17) is 0 Å². The molecule has 3 rings (SSSR count). The molecule has 2 aliphatic rings. The van der Waals surface area contributed by atoms with Crippen molar-refractivity contribution < 1.29 is 9.50 Å². The highest BCUT2D eigenvalue weighted by Gasteiger charge is 2.31. The van der Waals surface area contributed by atoms with Crippen LogP contribution in [0.5, 0.6) is 5.75 Å². The molecule has 2 saturated carbocycles. The summed E-state index contributed by atoms with van der Waals surface area (Å²) >= 11 is 3.17. The topological polar surface area (TPSA) is 20.2 Å². The fourth-order valence-electron chi connectivity index (χ4n) is 4.20. The van der Waals surface area contributed by atoms with Crippen LogP contribution in [0.25, 0.3) is 0 Å². The van der Waals surface area contributed by atoms with Gasteiger partial charge in [0.1, 0.15) is 0 Å². The van der Waals surface area contributed by atoms with Crippen LogP contribution in [0.3, 0.4) is 0 Å². The minimum atomic E-state index is -0.427. The van der Waals surface area contributed by atoms with Crippen LogP contribution in [-0.4, -0.2) is 5.11 Å². The summed E-state index contributed by atoms with van der Waals surface area (Å²) in [5.74, 6) is 1.41. The number of phenolic OH excluding ortho intramolecular Hbond substituents is 1. The first kappa shape index (κ1) is 14.4. The predicted octanol–water partition coefficient (Wildman–Crippen LogP) is 5.76. The third-order valence-electron chi connectivity index (χ3n) is 5.37. The lowest BCUT2D eigenvalue weighted by atomic mass is 9.73. The second-order valence-electron chi connectivity index (χ2n) is 6.46. The molecule has 0 atom stereocenters. The van der Waals surface area contributed by atoms with Gasteiger partial charge in [0.15, 0.2) is 11.6 Å². The molecule has 0 heterocycles. The third kappa shape index (κ3) is 2.74. The third-order valence-corrected chi connectivity index (χ3v) is 6.01. The molecule has 0 aliphatic heterocycles. The SMILES string of the molecule is Oc1c(Br)ccc(C2CCC(C3CCCC3)CC2)c1F. The van der Waals surface area contributed by atoms with Gasteiger partial charge >= 0.3 is 0 Å². The maximum atomic E-state index is 14.2. The molecule has 20 heavy (non-hydrogen) atoms. The molecule has 1 nitrogen and oxygen atoms in total. The maximum absolute atomic E-state index is 14.2. The molecular weight excluding hydrogens is 319 g/mol. The molecular formula is C17H22BrFO. The summed E-state index contributed by atoms with van der Waals surface area (Å²) in [5, 5.41) is 9.72. The standard InChI is InChI=1S/C17H22BrFO/c18-15-10-9-14(16(19)17(15)20)13-7-5-12(6-8-13)11-3-1-2-4-11/h9-13,20H,1-8H2. The average molecular weight is 341 g/mol. The van der Waals surface area contributed by atoms with E-state index in [0.717, 1.165) is 24.7 Å². The van der Waals surface area contributed by atoms with E-state index in [0.29, 0.717) is 10.0 Å². The molecule has 0 spiro atoms. The van der Waals surface area contributed by atoms with Crippen molar-refractivity contribution in [3.8, 4) is 5.75 Å². The summed E-state index contributed by atoms with van der Waals surface area (Å²) in [5.41, 5.74) is 0.704. The van der Waals surface area contributed by atoms with Crippen LogP contribution in [0.2, 0.25) is 0 Å². The van der Waals surface area contributed by atoms with Crippen molar-refractivity contribution in [2.75, 3.05) is 0 Å². The number of hydrogen-bond donors (Lipinski definition) is 1. The summed E-state index contributed by atoms with van der Waals surface area (Å²) in [6, 6.07) is 3.59. The molecule has 1 N–H and O–H groups in total. The van der Waals surface area contributed by atoms with Gasteiger partial charge in [-0.2, -0.15) is 0 Å². The van der Waals surface area contributed by atoms with Crippen molar-refractivity contribution in [1.82, 2.24) is 0 Å². The molecule has 0 radical (unpaired) electrons. The van der Waals surface area contributed by atoms with Gasteiger partial charge in [0.2, 0.25) is 0 Å². The van der Waals surface area contributed by atoms with Crippen LogP contribution in [0.4, 0.5) is 4.39 Å². The summed E-state index contributed by atoms with van der Waals surface area (Å²) in [4.78, 5) is 0. The Kier molecular flexibility index (Phi) is 4.34. The van der Waals surface area contributed by atoms with Gasteiger partial charge in [-0.15, -0.1) is 0 Å². The van der Waals surface area contributed by atoms with Gasteiger partial charge < -0.3 is 5.11 Å². The minimum Gasteiger partial charge on any atom is -0.504 e. The normalized spacial score (nSPS) is 27.9. The Labute approximate surface area is 128 Å². The van der Waals surface area contributed by atoms with Crippen LogP contribution in [0.1, 0.15) is 62.8 Å². The van der Waals surface area contributed by atoms with Gasteiger partial charge in [-0.1, -0.05) is 31.7 Å². The summed E-state index contributed by atoms with van der Waals surface area (Å²) < 4.78 is 14.6. The number of aromatic hydroxyl groups is 1. The first-order valence-electron chi connectivity index (χ1n) is 7.83. The number of hydrogen-bond acceptors (Lipinski definition) is 1. The largest absolute Gasteiger partial charge is 0.504 e. The van der Waals surface area contributed by atoms with Crippen molar-refractivity contribution in [3.05, 3.63) is 28.0 Å². The molecule has 0 amide bonds. The fourth-order valence-corrected chi connectivity index (χ4v) is 4.51. The van der Waals surface area contributed by atoms with Crippen molar-refractivity contribution in [2.45, 2.75) is 57.3 Å². The smallest absolute Gasteiger partial charge is 0.169 e. The minimum absolute atomic E-state index is 0.236. The molecule has 1 aromatic carbocycles. The van der Waals surface area contributed by atoms with Crippen LogP contribution in [-0.2, 0) is 0 Å². The van der Waals surface area contributed by atoms with E-state index in [2.05, 4.69) is 15.9 Å². The van der Waals surface area contributed by atoms with Gasteiger partial charge in [-0.05, 0) is 71.0 Å². The zero-order chi connectivity index (χ0) is 14.1. The number of phenols is 1.